The fourth-order valence-electron chi connectivity index (χ4n) is 2.15. The minimum Gasteiger partial charge on any atom is -0.467 e. The number of furan rings is 1. The van der Waals surface area contributed by atoms with Gasteiger partial charge in [-0.15, -0.1) is 0 Å². The highest BCUT2D eigenvalue weighted by atomic mass is 35.5. The zero-order valence-electron chi connectivity index (χ0n) is 11.4. The lowest BCUT2D eigenvalue weighted by atomic mass is 10.2. The summed E-state index contributed by atoms with van der Waals surface area (Å²) < 4.78 is 5.24. The van der Waals surface area contributed by atoms with Gasteiger partial charge in [-0.2, -0.15) is 0 Å². The lowest BCUT2D eigenvalue weighted by molar-refractivity contribution is 0.0770. The monoisotopic (exact) mass is 300 g/mol. The molecule has 1 aromatic carbocycles. The van der Waals surface area contributed by atoms with Crippen molar-refractivity contribution < 1.29 is 9.21 Å². The number of hydrogen-bond acceptors (Lipinski definition) is 3. The van der Waals surface area contributed by atoms with E-state index >= 15 is 0 Å². The number of nitrogens with zero attached hydrogens (tertiary/aromatic N) is 2. The largest absolute Gasteiger partial charge is 0.467 e. The fourth-order valence-corrected chi connectivity index (χ4v) is 2.41. The van der Waals surface area contributed by atoms with Gasteiger partial charge in [-0.05, 0) is 24.3 Å². The van der Waals surface area contributed by atoms with E-state index < -0.39 is 0 Å². The summed E-state index contributed by atoms with van der Waals surface area (Å²) in [5.41, 5.74) is 1.03. The maximum Gasteiger partial charge on any atom is 0.272 e. The second-order valence-electron chi connectivity index (χ2n) is 4.75. The molecule has 21 heavy (non-hydrogen) atoms. The van der Waals surface area contributed by atoms with E-state index in [1.54, 1.807) is 30.3 Å². The molecule has 2 heterocycles. The van der Waals surface area contributed by atoms with E-state index in [0.29, 0.717) is 22.8 Å². The van der Waals surface area contributed by atoms with Gasteiger partial charge in [0, 0.05) is 12.4 Å². The highest BCUT2D eigenvalue weighted by Gasteiger charge is 2.16. The molecule has 2 aromatic heterocycles. The molecule has 0 radical (unpaired) electrons. The van der Waals surface area contributed by atoms with Crippen LogP contribution in [0.4, 0.5) is 0 Å². The van der Waals surface area contributed by atoms with E-state index in [1.807, 2.05) is 30.3 Å². The first kappa shape index (κ1) is 13.6. The third kappa shape index (κ3) is 2.76. The Balaban J connectivity index is 1.90. The van der Waals surface area contributed by atoms with E-state index in [9.17, 15) is 4.79 Å². The molecule has 0 aliphatic rings. The summed E-state index contributed by atoms with van der Waals surface area (Å²) in [5.74, 6) is 0.525. The van der Waals surface area contributed by atoms with Gasteiger partial charge >= 0.3 is 0 Å². The summed E-state index contributed by atoms with van der Waals surface area (Å²) in [6, 6.07) is 12.7. The summed E-state index contributed by atoms with van der Waals surface area (Å²) in [4.78, 5) is 18.4. The standard InChI is InChI=1S/C16H13ClN2O2/c1-19(10-11-5-4-8-21-11)16(20)15-9-13(17)12-6-2-3-7-14(12)18-15/h2-9H,10H2,1H3. The van der Waals surface area contributed by atoms with Gasteiger partial charge in [0.05, 0.1) is 23.3 Å². The number of para-hydroxylation sites is 1. The summed E-state index contributed by atoms with van der Waals surface area (Å²) in [6.45, 7) is 0.387. The lowest BCUT2D eigenvalue weighted by Crippen LogP contribution is -2.26. The molecule has 3 aromatic rings. The molecular formula is C16H13ClN2O2. The van der Waals surface area contributed by atoms with Crippen molar-refractivity contribution in [3.05, 3.63) is 65.2 Å². The Hall–Kier alpha value is -2.33. The molecule has 0 aliphatic carbocycles. The van der Waals surface area contributed by atoms with Crippen molar-refractivity contribution in [2.45, 2.75) is 6.54 Å². The molecular weight excluding hydrogens is 288 g/mol. The molecule has 5 heteroatoms. The Bertz CT molecular complexity index is 784. The molecule has 0 aliphatic heterocycles. The third-order valence-corrected chi connectivity index (χ3v) is 3.52. The Morgan fingerprint density at radius 1 is 1.29 bits per heavy atom. The smallest absolute Gasteiger partial charge is 0.272 e. The maximum atomic E-state index is 12.4. The number of rotatable bonds is 3. The van der Waals surface area contributed by atoms with Crippen LogP contribution in [0.15, 0.2) is 53.1 Å². The van der Waals surface area contributed by atoms with Gasteiger partial charge in [0.15, 0.2) is 0 Å². The zero-order valence-corrected chi connectivity index (χ0v) is 12.2. The highest BCUT2D eigenvalue weighted by Crippen LogP contribution is 2.23. The predicted molar refractivity (Wildman–Crippen MR) is 81.3 cm³/mol. The second-order valence-corrected chi connectivity index (χ2v) is 5.15. The van der Waals surface area contributed by atoms with Gasteiger partial charge in [-0.3, -0.25) is 4.79 Å². The van der Waals surface area contributed by atoms with E-state index in [0.717, 1.165) is 11.1 Å². The van der Waals surface area contributed by atoms with E-state index in [2.05, 4.69) is 4.98 Å². The first-order valence-corrected chi connectivity index (χ1v) is 6.86. The van der Waals surface area contributed by atoms with Crippen molar-refractivity contribution in [3.63, 3.8) is 0 Å². The predicted octanol–water partition coefficient (Wildman–Crippen LogP) is 3.75. The van der Waals surface area contributed by atoms with Crippen molar-refractivity contribution in [2.24, 2.45) is 0 Å². The van der Waals surface area contributed by atoms with E-state index in [-0.39, 0.29) is 5.91 Å². The number of amides is 1. The number of fused-ring (bicyclic) bond motifs is 1. The number of carbonyl (C=O) groups excluding carboxylic acids is 1. The van der Waals surface area contributed by atoms with Crippen molar-refractivity contribution in [1.29, 1.82) is 0 Å². The molecule has 0 fully saturated rings. The molecule has 0 saturated heterocycles. The van der Waals surface area contributed by atoms with Crippen LogP contribution in [0.5, 0.6) is 0 Å². The molecule has 0 atom stereocenters. The number of benzene rings is 1. The van der Waals surface area contributed by atoms with E-state index in [4.69, 9.17) is 16.0 Å². The molecule has 0 unspecified atom stereocenters. The van der Waals surface area contributed by atoms with Crippen molar-refractivity contribution >= 4 is 28.4 Å². The average Bonchev–Trinajstić information content (AvgIpc) is 2.99. The Morgan fingerprint density at radius 3 is 2.86 bits per heavy atom. The van der Waals surface area contributed by atoms with Crippen molar-refractivity contribution in [1.82, 2.24) is 9.88 Å². The first-order chi connectivity index (χ1) is 10.1. The van der Waals surface area contributed by atoms with Gasteiger partial charge in [0.2, 0.25) is 0 Å². The van der Waals surface area contributed by atoms with Crippen molar-refractivity contribution in [2.75, 3.05) is 7.05 Å². The normalized spacial score (nSPS) is 10.8. The van der Waals surface area contributed by atoms with Crippen LogP contribution in [0.2, 0.25) is 5.02 Å². The van der Waals surface area contributed by atoms with E-state index in [1.165, 1.54) is 0 Å². The van der Waals surface area contributed by atoms with Gasteiger partial charge in [0.1, 0.15) is 11.5 Å². The van der Waals surface area contributed by atoms with Crippen LogP contribution in [0.3, 0.4) is 0 Å². The topological polar surface area (TPSA) is 46.3 Å². The van der Waals surface area contributed by atoms with Gasteiger partial charge in [0.25, 0.3) is 5.91 Å². The van der Waals surface area contributed by atoms with Crippen LogP contribution >= 0.6 is 11.6 Å². The number of hydrogen-bond donors (Lipinski definition) is 0. The van der Waals surface area contributed by atoms with Gasteiger partial charge in [-0.1, -0.05) is 29.8 Å². The molecule has 3 rings (SSSR count). The molecule has 4 nitrogen and oxygen atoms in total. The summed E-state index contributed by atoms with van der Waals surface area (Å²) in [5, 5.41) is 1.36. The summed E-state index contributed by atoms with van der Waals surface area (Å²) in [6.07, 6.45) is 1.58. The van der Waals surface area contributed by atoms with Crippen LogP contribution in [0.1, 0.15) is 16.2 Å². The molecule has 0 bridgehead atoms. The SMILES string of the molecule is CN(Cc1ccco1)C(=O)c1cc(Cl)c2ccccc2n1. The molecule has 0 N–H and O–H groups in total. The summed E-state index contributed by atoms with van der Waals surface area (Å²) >= 11 is 6.22. The number of aromatic nitrogens is 1. The fraction of sp³-hybridized carbons (Fsp3) is 0.125. The number of halogens is 1. The molecule has 1 amide bonds. The van der Waals surface area contributed by atoms with Crippen LogP contribution in [-0.2, 0) is 6.54 Å². The first-order valence-electron chi connectivity index (χ1n) is 6.48. The zero-order chi connectivity index (χ0) is 14.8. The second kappa shape index (κ2) is 5.58. The highest BCUT2D eigenvalue weighted by molar-refractivity contribution is 6.35. The van der Waals surface area contributed by atoms with Crippen LogP contribution < -0.4 is 0 Å². The molecule has 106 valence electrons. The Kier molecular flexibility index (Phi) is 3.62. The minimum absolute atomic E-state index is 0.195. The van der Waals surface area contributed by atoms with Crippen molar-refractivity contribution in [3.8, 4) is 0 Å². The quantitative estimate of drug-likeness (QED) is 0.740. The molecule has 0 spiro atoms. The molecule has 0 saturated carbocycles. The maximum absolute atomic E-state index is 12.4. The Labute approximate surface area is 127 Å². The van der Waals surface area contributed by atoms with Gasteiger partial charge < -0.3 is 9.32 Å². The summed E-state index contributed by atoms with van der Waals surface area (Å²) in [7, 11) is 1.70. The van der Waals surface area contributed by atoms with Gasteiger partial charge in [-0.25, -0.2) is 4.98 Å². The van der Waals surface area contributed by atoms with Crippen LogP contribution in [0, 0.1) is 0 Å². The minimum atomic E-state index is -0.195. The third-order valence-electron chi connectivity index (χ3n) is 3.20. The van der Waals surface area contributed by atoms with Crippen LogP contribution in [-0.4, -0.2) is 22.8 Å². The Morgan fingerprint density at radius 2 is 2.10 bits per heavy atom. The number of carbonyl (C=O) groups is 1. The average molecular weight is 301 g/mol. The lowest BCUT2D eigenvalue weighted by Gasteiger charge is -2.15. The van der Waals surface area contributed by atoms with Crippen LogP contribution in [0.25, 0.3) is 10.9 Å². The number of pyridine rings is 1.